The van der Waals surface area contributed by atoms with E-state index in [9.17, 15) is 36.2 Å². The number of alkyl halides is 6. The van der Waals surface area contributed by atoms with Crippen LogP contribution in [-0.2, 0) is 17.1 Å². The van der Waals surface area contributed by atoms with Gasteiger partial charge in [-0.3, -0.25) is 4.79 Å². The number of nitrogens with one attached hydrogen (secondary N) is 1. The number of aliphatic hydroxyl groups is 1. The minimum atomic E-state index is -4.59. The lowest BCUT2D eigenvalue weighted by molar-refractivity contribution is -0.140. The van der Waals surface area contributed by atoms with Crippen molar-refractivity contribution in [3.05, 3.63) is 59.7 Å². The molecule has 0 aliphatic heterocycles. The molecular weight excluding hydrogens is 408 g/mol. The lowest BCUT2D eigenvalue weighted by Gasteiger charge is -2.23. The molecule has 2 N–H and O–H groups in total. The van der Waals surface area contributed by atoms with Crippen molar-refractivity contribution in [1.82, 2.24) is 0 Å². The molecule has 28 heavy (non-hydrogen) atoms. The fourth-order valence-corrected chi connectivity index (χ4v) is 3.20. The van der Waals surface area contributed by atoms with Crippen LogP contribution in [0.15, 0.2) is 53.4 Å². The molecule has 10 heteroatoms. The number of rotatable bonds is 5. The molecule has 0 aliphatic carbocycles. The molecular formula is C18H15F6NO2S. The van der Waals surface area contributed by atoms with Gasteiger partial charge in [-0.1, -0.05) is 12.1 Å². The minimum Gasteiger partial charge on any atom is -0.379 e. The molecule has 0 aliphatic rings. The van der Waals surface area contributed by atoms with E-state index in [2.05, 4.69) is 5.32 Å². The number of thioether (sulfide) groups is 1. The molecule has 2 aromatic carbocycles. The van der Waals surface area contributed by atoms with Gasteiger partial charge >= 0.3 is 12.4 Å². The zero-order valence-electron chi connectivity index (χ0n) is 14.4. The lowest BCUT2D eigenvalue weighted by atomic mass is 10.1. The van der Waals surface area contributed by atoms with Crippen molar-refractivity contribution in [3.8, 4) is 0 Å². The van der Waals surface area contributed by atoms with Gasteiger partial charge in [0.2, 0.25) is 0 Å². The van der Waals surface area contributed by atoms with Gasteiger partial charge in [0, 0.05) is 16.3 Å². The number of halogens is 6. The Balaban J connectivity index is 2.06. The highest BCUT2D eigenvalue weighted by Crippen LogP contribution is 2.37. The molecule has 1 unspecified atom stereocenters. The number of anilines is 1. The number of hydrogen-bond acceptors (Lipinski definition) is 3. The zero-order chi connectivity index (χ0) is 21.2. The van der Waals surface area contributed by atoms with E-state index in [-0.39, 0.29) is 10.6 Å². The van der Waals surface area contributed by atoms with Crippen LogP contribution in [0.3, 0.4) is 0 Å². The maximum atomic E-state index is 13.0. The molecule has 0 saturated heterocycles. The van der Waals surface area contributed by atoms with Gasteiger partial charge in [0.25, 0.3) is 5.91 Å². The van der Waals surface area contributed by atoms with E-state index in [0.717, 1.165) is 37.3 Å². The van der Waals surface area contributed by atoms with Gasteiger partial charge in [0.15, 0.2) is 0 Å². The highest BCUT2D eigenvalue weighted by molar-refractivity contribution is 7.99. The van der Waals surface area contributed by atoms with E-state index in [1.165, 1.54) is 18.2 Å². The minimum absolute atomic E-state index is 0.0129. The summed E-state index contributed by atoms with van der Waals surface area (Å²) >= 11 is 0.646. The molecule has 0 bridgehead atoms. The first-order valence-corrected chi connectivity index (χ1v) is 8.79. The summed E-state index contributed by atoms with van der Waals surface area (Å²) in [6.45, 7) is 1.11. The van der Waals surface area contributed by atoms with Crippen LogP contribution < -0.4 is 5.32 Å². The second-order valence-electron chi connectivity index (χ2n) is 6.09. The highest BCUT2D eigenvalue weighted by Gasteiger charge is 2.36. The normalized spacial score (nSPS) is 14.4. The predicted molar refractivity (Wildman–Crippen MR) is 92.9 cm³/mol. The van der Waals surface area contributed by atoms with Gasteiger partial charge in [0.05, 0.1) is 11.1 Å². The Morgan fingerprint density at radius 2 is 1.54 bits per heavy atom. The maximum absolute atomic E-state index is 13.0. The van der Waals surface area contributed by atoms with Crippen molar-refractivity contribution in [1.29, 1.82) is 0 Å². The molecule has 0 spiro atoms. The van der Waals surface area contributed by atoms with Crippen molar-refractivity contribution >= 4 is 23.4 Å². The summed E-state index contributed by atoms with van der Waals surface area (Å²) in [4.78, 5) is 12.0. The third kappa shape index (κ3) is 5.65. The Kier molecular flexibility index (Phi) is 6.34. The van der Waals surface area contributed by atoms with Crippen LogP contribution in [0.2, 0.25) is 0 Å². The van der Waals surface area contributed by atoms with Gasteiger partial charge in [-0.25, -0.2) is 0 Å². The first kappa shape index (κ1) is 22.1. The van der Waals surface area contributed by atoms with E-state index in [1.807, 2.05) is 0 Å². The van der Waals surface area contributed by atoms with Crippen LogP contribution in [0.4, 0.5) is 32.0 Å². The van der Waals surface area contributed by atoms with Crippen LogP contribution in [0, 0.1) is 0 Å². The Morgan fingerprint density at radius 1 is 0.964 bits per heavy atom. The molecule has 0 saturated carbocycles. The molecule has 0 radical (unpaired) electrons. The van der Waals surface area contributed by atoms with E-state index in [1.54, 1.807) is 0 Å². The number of amides is 1. The first-order valence-electron chi connectivity index (χ1n) is 7.81. The van der Waals surface area contributed by atoms with Crippen molar-refractivity contribution in [2.24, 2.45) is 0 Å². The fourth-order valence-electron chi connectivity index (χ4n) is 2.12. The van der Waals surface area contributed by atoms with Gasteiger partial charge < -0.3 is 10.4 Å². The predicted octanol–water partition coefficient (Wildman–Crippen LogP) is 5.21. The second-order valence-corrected chi connectivity index (χ2v) is 7.10. The van der Waals surface area contributed by atoms with Gasteiger partial charge in [0.1, 0.15) is 5.60 Å². The van der Waals surface area contributed by atoms with Crippen molar-refractivity contribution in [2.75, 3.05) is 11.1 Å². The number of carbonyl (C=O) groups is 1. The number of hydrogen-bond donors (Lipinski definition) is 2. The van der Waals surface area contributed by atoms with Crippen molar-refractivity contribution in [3.63, 3.8) is 0 Å². The monoisotopic (exact) mass is 423 g/mol. The summed E-state index contributed by atoms with van der Waals surface area (Å²) in [6, 6.07) is 8.29. The largest absolute Gasteiger partial charge is 0.417 e. The van der Waals surface area contributed by atoms with E-state index in [0.29, 0.717) is 11.8 Å². The molecule has 1 atom stereocenters. The molecule has 3 nitrogen and oxygen atoms in total. The smallest absolute Gasteiger partial charge is 0.379 e. The van der Waals surface area contributed by atoms with E-state index < -0.39 is 40.7 Å². The maximum Gasteiger partial charge on any atom is 0.417 e. The summed E-state index contributed by atoms with van der Waals surface area (Å²) < 4.78 is 76.6. The molecule has 1 amide bonds. The Hall–Kier alpha value is -2.20. The Bertz CT molecular complexity index is 831. The number of carbonyl (C=O) groups excluding carboxylic acids is 1. The second kappa shape index (κ2) is 8.04. The average molecular weight is 423 g/mol. The third-order valence-electron chi connectivity index (χ3n) is 3.66. The van der Waals surface area contributed by atoms with Gasteiger partial charge in [-0.15, -0.1) is 11.8 Å². The van der Waals surface area contributed by atoms with Crippen molar-refractivity contribution in [2.45, 2.75) is 29.8 Å². The topological polar surface area (TPSA) is 49.3 Å². The van der Waals surface area contributed by atoms with Crippen LogP contribution in [-0.4, -0.2) is 22.4 Å². The third-order valence-corrected chi connectivity index (χ3v) is 5.03. The molecule has 152 valence electrons. The van der Waals surface area contributed by atoms with Crippen LogP contribution in [0.5, 0.6) is 0 Å². The molecule has 2 rings (SSSR count). The fraction of sp³-hybridized carbons (Fsp3) is 0.278. The molecule has 0 fully saturated rings. The summed E-state index contributed by atoms with van der Waals surface area (Å²) in [5.74, 6) is -1.35. The quantitative estimate of drug-likeness (QED) is 0.513. The van der Waals surface area contributed by atoms with E-state index >= 15 is 0 Å². The van der Waals surface area contributed by atoms with Crippen molar-refractivity contribution < 1.29 is 36.2 Å². The first-order chi connectivity index (χ1) is 12.8. The highest BCUT2D eigenvalue weighted by atomic mass is 32.2. The number of benzene rings is 2. The van der Waals surface area contributed by atoms with Crippen LogP contribution in [0.25, 0.3) is 0 Å². The Morgan fingerprint density at radius 3 is 2.07 bits per heavy atom. The molecule has 0 aromatic heterocycles. The summed E-state index contributed by atoms with van der Waals surface area (Å²) in [5.41, 5.74) is -3.85. The Labute approximate surface area is 160 Å². The standard InChI is InChI=1S/C18H15F6NO2S/c1-16(27,10-28-14-5-3-2-4-13(14)18(22,23)24)15(26)25-12-8-6-11(7-9-12)17(19,20)21/h2-9,27H,10H2,1H3,(H,25,26). The van der Waals surface area contributed by atoms with Crippen LogP contribution >= 0.6 is 11.8 Å². The van der Waals surface area contributed by atoms with E-state index in [4.69, 9.17) is 0 Å². The SMILES string of the molecule is CC(O)(CSc1ccccc1C(F)(F)F)C(=O)Nc1ccc(C(F)(F)F)cc1. The lowest BCUT2D eigenvalue weighted by Crippen LogP contribution is -2.42. The van der Waals surface area contributed by atoms with Gasteiger partial charge in [-0.05, 0) is 43.3 Å². The molecule has 0 heterocycles. The summed E-state index contributed by atoms with van der Waals surface area (Å²) in [6.07, 6.45) is -9.12. The summed E-state index contributed by atoms with van der Waals surface area (Å²) in [5, 5.41) is 12.5. The average Bonchev–Trinajstić information content (AvgIpc) is 2.59. The van der Waals surface area contributed by atoms with Crippen LogP contribution in [0.1, 0.15) is 18.1 Å². The van der Waals surface area contributed by atoms with Gasteiger partial charge in [-0.2, -0.15) is 26.3 Å². The summed E-state index contributed by atoms with van der Waals surface area (Å²) in [7, 11) is 0. The zero-order valence-corrected chi connectivity index (χ0v) is 15.2. The molecule has 2 aromatic rings.